The topological polar surface area (TPSA) is 87.7 Å². The van der Waals surface area contributed by atoms with E-state index in [-0.39, 0.29) is 29.0 Å². The summed E-state index contributed by atoms with van der Waals surface area (Å²) in [5, 5.41) is 5.91. The SMILES string of the molecule is CCNCCNC(=O)c1ccc(OC)c(S(=O)(=O)N2CCCCCC2)c1.Cl. The smallest absolute Gasteiger partial charge is 0.251 e. The number of benzene rings is 1. The largest absolute Gasteiger partial charge is 0.495 e. The maximum absolute atomic E-state index is 13.1. The van der Waals surface area contributed by atoms with Crippen LogP contribution in [0.15, 0.2) is 23.1 Å². The molecule has 0 atom stereocenters. The van der Waals surface area contributed by atoms with Crippen LogP contribution in [0.2, 0.25) is 0 Å². The third-order valence-electron chi connectivity index (χ3n) is 4.45. The summed E-state index contributed by atoms with van der Waals surface area (Å²) in [7, 11) is -2.26. The van der Waals surface area contributed by atoms with Gasteiger partial charge in [-0.15, -0.1) is 12.4 Å². The molecule has 1 amide bonds. The monoisotopic (exact) mass is 419 g/mol. The van der Waals surface area contributed by atoms with E-state index in [0.717, 1.165) is 32.2 Å². The van der Waals surface area contributed by atoms with Gasteiger partial charge < -0.3 is 15.4 Å². The molecule has 7 nitrogen and oxygen atoms in total. The van der Waals surface area contributed by atoms with Crippen LogP contribution in [-0.4, -0.2) is 58.5 Å². The molecule has 0 aromatic heterocycles. The maximum atomic E-state index is 13.1. The number of halogens is 1. The molecule has 0 unspecified atom stereocenters. The molecule has 0 bridgehead atoms. The first-order valence-electron chi connectivity index (χ1n) is 9.17. The van der Waals surface area contributed by atoms with Gasteiger partial charge in [0.15, 0.2) is 0 Å². The van der Waals surface area contributed by atoms with Crippen LogP contribution >= 0.6 is 12.4 Å². The quantitative estimate of drug-likeness (QED) is 0.629. The van der Waals surface area contributed by atoms with E-state index < -0.39 is 10.0 Å². The molecule has 9 heteroatoms. The molecule has 1 aliphatic rings. The second kappa shape index (κ2) is 11.5. The Labute approximate surface area is 168 Å². The highest BCUT2D eigenvalue weighted by molar-refractivity contribution is 7.89. The van der Waals surface area contributed by atoms with Crippen molar-refractivity contribution in [2.24, 2.45) is 0 Å². The molecule has 2 rings (SSSR count). The number of amides is 1. The van der Waals surface area contributed by atoms with Gasteiger partial charge in [-0.3, -0.25) is 4.79 Å². The van der Waals surface area contributed by atoms with Crippen molar-refractivity contribution < 1.29 is 17.9 Å². The summed E-state index contributed by atoms with van der Waals surface area (Å²) in [5.74, 6) is -0.0312. The Balaban J connectivity index is 0.00000364. The predicted molar refractivity (Wildman–Crippen MR) is 108 cm³/mol. The first kappa shape index (κ1) is 23.7. The zero-order valence-electron chi connectivity index (χ0n) is 16.0. The lowest BCUT2D eigenvalue weighted by Gasteiger charge is -2.21. The molecule has 0 saturated carbocycles. The van der Waals surface area contributed by atoms with Crippen molar-refractivity contribution in [1.29, 1.82) is 0 Å². The van der Waals surface area contributed by atoms with Gasteiger partial charge >= 0.3 is 0 Å². The normalized spacial score (nSPS) is 15.5. The molecule has 1 aromatic carbocycles. The van der Waals surface area contributed by atoms with Crippen LogP contribution in [0.1, 0.15) is 43.0 Å². The van der Waals surface area contributed by atoms with E-state index in [0.29, 0.717) is 31.7 Å². The minimum atomic E-state index is -3.70. The van der Waals surface area contributed by atoms with Crippen LogP contribution in [0, 0.1) is 0 Å². The Morgan fingerprint density at radius 1 is 1.15 bits per heavy atom. The molecule has 1 aliphatic heterocycles. The molecular weight excluding hydrogens is 390 g/mol. The number of sulfonamides is 1. The van der Waals surface area contributed by atoms with E-state index in [9.17, 15) is 13.2 Å². The highest BCUT2D eigenvalue weighted by Crippen LogP contribution is 2.29. The summed E-state index contributed by atoms with van der Waals surface area (Å²) in [6.07, 6.45) is 3.78. The molecule has 1 heterocycles. The van der Waals surface area contributed by atoms with Crippen molar-refractivity contribution >= 4 is 28.3 Å². The predicted octanol–water partition coefficient (Wildman–Crippen LogP) is 2.02. The van der Waals surface area contributed by atoms with E-state index >= 15 is 0 Å². The van der Waals surface area contributed by atoms with Gasteiger partial charge in [-0.05, 0) is 37.6 Å². The van der Waals surface area contributed by atoms with Crippen molar-refractivity contribution in [3.05, 3.63) is 23.8 Å². The fourth-order valence-corrected chi connectivity index (χ4v) is 4.68. The lowest BCUT2D eigenvalue weighted by molar-refractivity contribution is 0.0953. The first-order chi connectivity index (χ1) is 12.5. The van der Waals surface area contributed by atoms with E-state index in [2.05, 4.69) is 10.6 Å². The average Bonchev–Trinajstić information content (AvgIpc) is 2.94. The van der Waals surface area contributed by atoms with E-state index in [1.807, 2.05) is 6.92 Å². The van der Waals surface area contributed by atoms with E-state index in [1.54, 1.807) is 12.1 Å². The maximum Gasteiger partial charge on any atom is 0.251 e. The summed E-state index contributed by atoms with van der Waals surface area (Å²) in [6, 6.07) is 4.55. The number of ether oxygens (including phenoxy) is 1. The number of carbonyl (C=O) groups excluding carboxylic acids is 1. The van der Waals surface area contributed by atoms with Crippen LogP contribution in [0.4, 0.5) is 0 Å². The van der Waals surface area contributed by atoms with Gasteiger partial charge in [-0.25, -0.2) is 8.42 Å². The number of carbonyl (C=O) groups is 1. The summed E-state index contributed by atoms with van der Waals surface area (Å²) >= 11 is 0. The lowest BCUT2D eigenvalue weighted by atomic mass is 10.2. The van der Waals surface area contributed by atoms with Gasteiger partial charge in [0.25, 0.3) is 5.91 Å². The number of methoxy groups -OCH3 is 1. The highest BCUT2D eigenvalue weighted by atomic mass is 35.5. The third kappa shape index (κ3) is 6.34. The Bertz CT molecular complexity index is 705. The Kier molecular flexibility index (Phi) is 10.1. The van der Waals surface area contributed by atoms with Gasteiger partial charge in [0.2, 0.25) is 10.0 Å². The minimum Gasteiger partial charge on any atom is -0.495 e. The van der Waals surface area contributed by atoms with E-state index in [1.165, 1.54) is 17.5 Å². The van der Waals surface area contributed by atoms with E-state index in [4.69, 9.17) is 4.74 Å². The fourth-order valence-electron chi connectivity index (χ4n) is 2.98. The molecule has 27 heavy (non-hydrogen) atoms. The number of nitrogens with zero attached hydrogens (tertiary/aromatic N) is 1. The van der Waals surface area contributed by atoms with Crippen LogP contribution < -0.4 is 15.4 Å². The fraction of sp³-hybridized carbons (Fsp3) is 0.611. The van der Waals surface area contributed by atoms with Gasteiger partial charge in [-0.2, -0.15) is 4.31 Å². The van der Waals surface area contributed by atoms with Gasteiger partial charge in [-0.1, -0.05) is 19.8 Å². The van der Waals surface area contributed by atoms with Crippen molar-refractivity contribution in [3.63, 3.8) is 0 Å². The minimum absolute atomic E-state index is 0. The Morgan fingerprint density at radius 3 is 2.41 bits per heavy atom. The number of hydrogen-bond acceptors (Lipinski definition) is 5. The van der Waals surface area contributed by atoms with Gasteiger partial charge in [0, 0.05) is 31.7 Å². The zero-order valence-corrected chi connectivity index (χ0v) is 17.6. The molecular formula is C18H30ClN3O4S. The van der Waals surface area contributed by atoms with Gasteiger partial charge in [0.05, 0.1) is 7.11 Å². The van der Waals surface area contributed by atoms with Crippen molar-refractivity contribution in [1.82, 2.24) is 14.9 Å². The molecule has 2 N–H and O–H groups in total. The van der Waals surface area contributed by atoms with Crippen molar-refractivity contribution in [2.45, 2.75) is 37.5 Å². The highest BCUT2D eigenvalue weighted by Gasteiger charge is 2.29. The average molecular weight is 420 g/mol. The van der Waals surface area contributed by atoms with Gasteiger partial charge in [0.1, 0.15) is 10.6 Å². The van der Waals surface area contributed by atoms with Crippen LogP contribution in [0.5, 0.6) is 5.75 Å². The second-order valence-corrected chi connectivity index (χ2v) is 8.20. The summed E-state index contributed by atoms with van der Waals surface area (Å²) in [6.45, 7) is 4.97. The molecule has 0 spiro atoms. The molecule has 154 valence electrons. The lowest BCUT2D eigenvalue weighted by Crippen LogP contribution is -2.33. The molecule has 0 aliphatic carbocycles. The molecule has 0 radical (unpaired) electrons. The molecule has 1 fully saturated rings. The van der Waals surface area contributed by atoms with Crippen LogP contribution in [-0.2, 0) is 10.0 Å². The molecule has 1 saturated heterocycles. The number of nitrogens with one attached hydrogen (secondary N) is 2. The number of likely N-dealkylation sites (N-methyl/N-ethyl adjacent to an activating group) is 1. The summed E-state index contributed by atoms with van der Waals surface area (Å²) in [4.78, 5) is 12.4. The molecule has 1 aromatic rings. The van der Waals surface area contributed by atoms with Crippen LogP contribution in [0.25, 0.3) is 0 Å². The Morgan fingerprint density at radius 2 is 1.81 bits per heavy atom. The van der Waals surface area contributed by atoms with Crippen LogP contribution in [0.3, 0.4) is 0 Å². The number of hydrogen-bond donors (Lipinski definition) is 2. The van der Waals surface area contributed by atoms with Crippen molar-refractivity contribution in [2.75, 3.05) is 39.8 Å². The standard InChI is InChI=1S/C18H29N3O4S.ClH/c1-3-19-10-11-20-18(22)15-8-9-16(25-2)17(14-15)26(23,24)21-12-6-4-5-7-13-21;/h8-9,14,19H,3-7,10-13H2,1-2H3,(H,20,22);1H. The Hall–Kier alpha value is -1.35. The first-order valence-corrected chi connectivity index (χ1v) is 10.6. The number of rotatable bonds is 8. The van der Waals surface area contributed by atoms with Crippen molar-refractivity contribution in [3.8, 4) is 5.75 Å². The summed E-state index contributed by atoms with van der Waals surface area (Å²) in [5.41, 5.74) is 0.315. The summed E-state index contributed by atoms with van der Waals surface area (Å²) < 4.78 is 33.0. The third-order valence-corrected chi connectivity index (χ3v) is 6.37. The zero-order chi connectivity index (χ0) is 19.0. The second-order valence-electron chi connectivity index (χ2n) is 6.29.